The van der Waals surface area contributed by atoms with Gasteiger partial charge in [-0.2, -0.15) is 0 Å². The molecule has 0 aliphatic rings. The number of nitrogens with one attached hydrogen (secondary N) is 3. The molecule has 1 aromatic carbocycles. The van der Waals surface area contributed by atoms with E-state index in [-0.39, 0.29) is 5.41 Å². The third kappa shape index (κ3) is 6.19. The maximum Gasteiger partial charge on any atom is 0.183 e. The Bertz CT molecular complexity index is 748. The molecular weight excluding hydrogens is 324 g/mol. The van der Waals surface area contributed by atoms with Crippen LogP contribution in [0, 0.1) is 12.3 Å². The van der Waals surface area contributed by atoms with Gasteiger partial charge in [-0.1, -0.05) is 33.4 Å². The fourth-order valence-electron chi connectivity index (χ4n) is 2.81. The first-order valence-electron chi connectivity index (χ1n) is 9.19. The first-order valence-corrected chi connectivity index (χ1v) is 9.19. The number of benzene rings is 1. The number of nitrogen functional groups attached to an aromatic ring is 1. The highest BCUT2D eigenvalue weighted by Crippen LogP contribution is 2.22. The molecule has 6 heteroatoms. The van der Waals surface area contributed by atoms with Gasteiger partial charge in [0.1, 0.15) is 0 Å². The van der Waals surface area contributed by atoms with E-state index in [1.807, 2.05) is 25.1 Å². The van der Waals surface area contributed by atoms with Gasteiger partial charge in [-0.05, 0) is 49.3 Å². The zero-order valence-electron chi connectivity index (χ0n) is 16.4. The third-order valence-electron chi connectivity index (χ3n) is 3.97. The van der Waals surface area contributed by atoms with Crippen LogP contribution in [0.4, 0.5) is 11.6 Å². The van der Waals surface area contributed by atoms with Gasteiger partial charge in [-0.25, -0.2) is 15.8 Å². The van der Waals surface area contributed by atoms with E-state index in [1.165, 1.54) is 0 Å². The Labute approximate surface area is 156 Å². The van der Waals surface area contributed by atoms with Gasteiger partial charge in [0.05, 0.1) is 11.0 Å². The number of aromatic nitrogens is 2. The summed E-state index contributed by atoms with van der Waals surface area (Å²) in [5.74, 6) is 6.85. The van der Waals surface area contributed by atoms with Crippen LogP contribution in [0.2, 0.25) is 0 Å². The molecule has 142 valence electrons. The standard InChI is InChI=1S/C20H32N6/c1-14-8-9-16-17(12-14)25-18(19(24-16)26-21)23-11-7-6-10-22-15(2)13-20(3,4)5/h8-9,12,22H,2,6-7,10-11,13,21H2,1,3-5H3,(H,23,25)(H,24,26). The topological polar surface area (TPSA) is 87.9 Å². The number of hydrogen-bond donors (Lipinski definition) is 4. The SMILES string of the molecule is C=C(CC(C)(C)C)NCCCCNc1nc2cc(C)ccc2nc1NN. The average molecular weight is 357 g/mol. The van der Waals surface area contributed by atoms with Crippen LogP contribution in [-0.2, 0) is 0 Å². The van der Waals surface area contributed by atoms with E-state index >= 15 is 0 Å². The highest BCUT2D eigenvalue weighted by molar-refractivity contribution is 5.80. The highest BCUT2D eigenvalue weighted by Gasteiger charge is 2.11. The molecule has 0 fully saturated rings. The van der Waals surface area contributed by atoms with Gasteiger partial charge in [0.2, 0.25) is 0 Å². The second-order valence-corrected chi connectivity index (χ2v) is 7.96. The molecule has 0 atom stereocenters. The fourth-order valence-corrected chi connectivity index (χ4v) is 2.81. The molecule has 0 unspecified atom stereocenters. The second kappa shape index (κ2) is 8.85. The van der Waals surface area contributed by atoms with E-state index in [0.29, 0.717) is 11.6 Å². The van der Waals surface area contributed by atoms with Gasteiger partial charge in [0.15, 0.2) is 11.6 Å². The Morgan fingerprint density at radius 3 is 2.46 bits per heavy atom. The second-order valence-electron chi connectivity index (χ2n) is 7.96. The Morgan fingerprint density at radius 2 is 1.77 bits per heavy atom. The van der Waals surface area contributed by atoms with Crippen molar-refractivity contribution in [3.8, 4) is 0 Å². The first kappa shape index (κ1) is 20.0. The average Bonchev–Trinajstić information content (AvgIpc) is 2.55. The Hall–Kier alpha value is -2.34. The van der Waals surface area contributed by atoms with Crippen molar-refractivity contribution in [3.05, 3.63) is 36.0 Å². The van der Waals surface area contributed by atoms with Crippen molar-refractivity contribution in [2.45, 2.75) is 47.0 Å². The minimum atomic E-state index is 0.268. The van der Waals surface area contributed by atoms with E-state index in [1.54, 1.807) is 0 Å². The molecule has 0 saturated heterocycles. The van der Waals surface area contributed by atoms with E-state index < -0.39 is 0 Å². The summed E-state index contributed by atoms with van der Waals surface area (Å²) in [6.45, 7) is 14.6. The maximum absolute atomic E-state index is 5.59. The molecule has 2 rings (SSSR count). The van der Waals surface area contributed by atoms with E-state index in [4.69, 9.17) is 5.84 Å². The van der Waals surface area contributed by atoms with Crippen molar-refractivity contribution in [2.24, 2.45) is 11.3 Å². The fraction of sp³-hybridized carbons (Fsp3) is 0.500. The lowest BCUT2D eigenvalue weighted by atomic mass is 9.91. The number of anilines is 2. The molecule has 6 nitrogen and oxygen atoms in total. The Kier molecular flexibility index (Phi) is 6.80. The van der Waals surface area contributed by atoms with Gasteiger partial charge in [-0.15, -0.1) is 0 Å². The molecule has 0 bridgehead atoms. The number of hydrogen-bond acceptors (Lipinski definition) is 6. The van der Waals surface area contributed by atoms with Crippen molar-refractivity contribution in [1.82, 2.24) is 15.3 Å². The summed E-state index contributed by atoms with van der Waals surface area (Å²) in [7, 11) is 0. The maximum atomic E-state index is 5.59. The number of nitrogens with two attached hydrogens (primary N) is 1. The first-order chi connectivity index (χ1) is 12.3. The minimum absolute atomic E-state index is 0.268. The van der Waals surface area contributed by atoms with Crippen LogP contribution in [0.15, 0.2) is 30.5 Å². The Balaban J connectivity index is 1.81. The molecule has 2 aromatic rings. The summed E-state index contributed by atoms with van der Waals surface area (Å²) in [4.78, 5) is 9.17. The predicted molar refractivity (Wildman–Crippen MR) is 111 cm³/mol. The highest BCUT2D eigenvalue weighted by atomic mass is 15.3. The zero-order chi connectivity index (χ0) is 19.2. The zero-order valence-corrected chi connectivity index (χ0v) is 16.4. The van der Waals surface area contributed by atoms with Gasteiger partial charge < -0.3 is 16.1 Å². The molecule has 1 heterocycles. The van der Waals surface area contributed by atoms with Crippen molar-refractivity contribution >= 4 is 22.7 Å². The monoisotopic (exact) mass is 356 g/mol. The molecule has 0 spiro atoms. The number of aryl methyl sites for hydroxylation is 1. The lowest BCUT2D eigenvalue weighted by molar-refractivity contribution is 0.398. The van der Waals surface area contributed by atoms with Crippen LogP contribution >= 0.6 is 0 Å². The Morgan fingerprint density at radius 1 is 1.08 bits per heavy atom. The largest absolute Gasteiger partial charge is 0.389 e. The van der Waals surface area contributed by atoms with Crippen molar-refractivity contribution < 1.29 is 0 Å². The van der Waals surface area contributed by atoms with E-state index in [0.717, 1.165) is 54.6 Å². The summed E-state index contributed by atoms with van der Waals surface area (Å²) >= 11 is 0. The van der Waals surface area contributed by atoms with E-state index in [2.05, 4.69) is 53.4 Å². The number of rotatable bonds is 9. The molecule has 0 amide bonds. The van der Waals surface area contributed by atoms with Crippen LogP contribution in [-0.4, -0.2) is 23.1 Å². The lowest BCUT2D eigenvalue weighted by Gasteiger charge is -2.20. The van der Waals surface area contributed by atoms with Crippen LogP contribution in [0.3, 0.4) is 0 Å². The smallest absolute Gasteiger partial charge is 0.183 e. The normalized spacial score (nSPS) is 11.4. The molecule has 1 aromatic heterocycles. The van der Waals surface area contributed by atoms with Gasteiger partial charge >= 0.3 is 0 Å². The van der Waals surface area contributed by atoms with Crippen LogP contribution in [0.25, 0.3) is 11.0 Å². The number of allylic oxidation sites excluding steroid dienone is 1. The predicted octanol–water partition coefficient (Wildman–Crippen LogP) is 3.96. The molecule has 0 saturated carbocycles. The molecule has 26 heavy (non-hydrogen) atoms. The molecule has 0 aliphatic heterocycles. The molecular formula is C20H32N6. The van der Waals surface area contributed by atoms with Crippen LogP contribution < -0.4 is 21.9 Å². The summed E-state index contributed by atoms with van der Waals surface area (Å²) in [6.07, 6.45) is 3.07. The number of unbranched alkanes of at least 4 members (excludes halogenated alkanes) is 1. The van der Waals surface area contributed by atoms with Crippen molar-refractivity contribution in [3.63, 3.8) is 0 Å². The van der Waals surface area contributed by atoms with Crippen LogP contribution in [0.5, 0.6) is 0 Å². The summed E-state index contributed by atoms with van der Waals surface area (Å²) in [6, 6.07) is 6.00. The van der Waals surface area contributed by atoms with Crippen LogP contribution in [0.1, 0.15) is 45.6 Å². The van der Waals surface area contributed by atoms with Gasteiger partial charge in [0.25, 0.3) is 0 Å². The summed E-state index contributed by atoms with van der Waals surface area (Å²) < 4.78 is 0. The summed E-state index contributed by atoms with van der Waals surface area (Å²) in [5.41, 5.74) is 6.86. The molecule has 0 aliphatic carbocycles. The quantitative estimate of drug-likeness (QED) is 0.309. The van der Waals surface area contributed by atoms with Crippen molar-refractivity contribution in [2.75, 3.05) is 23.8 Å². The number of nitrogens with zero attached hydrogens (tertiary/aromatic N) is 2. The van der Waals surface area contributed by atoms with Crippen molar-refractivity contribution in [1.29, 1.82) is 0 Å². The summed E-state index contributed by atoms with van der Waals surface area (Å²) in [5, 5.41) is 6.74. The molecule has 0 radical (unpaired) electrons. The number of hydrazine groups is 1. The number of fused-ring (bicyclic) bond motifs is 1. The third-order valence-corrected chi connectivity index (χ3v) is 3.97. The molecule has 5 N–H and O–H groups in total. The van der Waals surface area contributed by atoms with Gasteiger partial charge in [-0.3, -0.25) is 0 Å². The lowest BCUT2D eigenvalue weighted by Crippen LogP contribution is -2.19. The minimum Gasteiger partial charge on any atom is -0.389 e. The van der Waals surface area contributed by atoms with Gasteiger partial charge in [0, 0.05) is 18.8 Å². The van der Waals surface area contributed by atoms with E-state index in [9.17, 15) is 0 Å².